The maximum absolute atomic E-state index is 10.5. The average Bonchev–Trinajstić information content (AvgIpc) is 2.22. The van der Waals surface area contributed by atoms with Crippen LogP contribution in [0.25, 0.3) is 0 Å². The van der Waals surface area contributed by atoms with E-state index < -0.39 is 5.97 Å². The standard InChI is InChI=1S/C14H23NO2/c16-13(17)9-15-2-1-14-6-10-3-11(7-14)5-12(4-10)8-14/h10-12,15H,1-9H2,(H,16,17). The van der Waals surface area contributed by atoms with Crippen LogP contribution in [0.4, 0.5) is 0 Å². The lowest BCUT2D eigenvalue weighted by Gasteiger charge is -2.57. The molecule has 0 radical (unpaired) electrons. The van der Waals surface area contributed by atoms with Gasteiger partial charge in [-0.15, -0.1) is 0 Å². The highest BCUT2D eigenvalue weighted by atomic mass is 16.4. The van der Waals surface area contributed by atoms with Gasteiger partial charge in [0.05, 0.1) is 6.54 Å². The van der Waals surface area contributed by atoms with Crippen molar-refractivity contribution in [3.63, 3.8) is 0 Å². The Morgan fingerprint density at radius 3 is 2.12 bits per heavy atom. The third-order valence-corrected chi connectivity index (χ3v) is 5.27. The monoisotopic (exact) mass is 237 g/mol. The second kappa shape index (κ2) is 4.27. The second-order valence-corrected chi connectivity index (χ2v) is 6.74. The molecule has 0 amide bonds. The lowest BCUT2D eigenvalue weighted by molar-refractivity contribution is -0.136. The fourth-order valence-corrected chi connectivity index (χ4v) is 5.15. The number of nitrogens with one attached hydrogen (secondary N) is 1. The predicted molar refractivity (Wildman–Crippen MR) is 65.7 cm³/mol. The molecule has 0 aromatic rings. The number of aliphatic carboxylic acids is 1. The average molecular weight is 237 g/mol. The van der Waals surface area contributed by atoms with Crippen LogP contribution in [0.2, 0.25) is 0 Å². The van der Waals surface area contributed by atoms with Crippen molar-refractivity contribution >= 4 is 5.97 Å². The molecule has 3 nitrogen and oxygen atoms in total. The smallest absolute Gasteiger partial charge is 0.317 e. The Kier molecular flexibility index (Phi) is 2.89. The van der Waals surface area contributed by atoms with Crippen molar-refractivity contribution in [3.8, 4) is 0 Å². The topological polar surface area (TPSA) is 49.3 Å². The highest BCUT2D eigenvalue weighted by Crippen LogP contribution is 2.61. The molecular weight excluding hydrogens is 214 g/mol. The Labute approximate surface area is 103 Å². The van der Waals surface area contributed by atoms with E-state index in [-0.39, 0.29) is 6.54 Å². The van der Waals surface area contributed by atoms with Gasteiger partial charge in [0.1, 0.15) is 0 Å². The van der Waals surface area contributed by atoms with Crippen LogP contribution in [-0.2, 0) is 4.79 Å². The van der Waals surface area contributed by atoms with E-state index in [1.165, 1.54) is 44.9 Å². The molecule has 0 saturated heterocycles. The summed E-state index contributed by atoms with van der Waals surface area (Å²) in [6, 6.07) is 0. The third kappa shape index (κ3) is 2.35. The van der Waals surface area contributed by atoms with Crippen molar-refractivity contribution in [2.24, 2.45) is 23.2 Å². The summed E-state index contributed by atoms with van der Waals surface area (Å²) in [4.78, 5) is 10.5. The molecule has 0 aromatic heterocycles. The molecule has 0 unspecified atom stereocenters. The van der Waals surface area contributed by atoms with Crippen LogP contribution >= 0.6 is 0 Å². The first kappa shape index (κ1) is 11.5. The Morgan fingerprint density at radius 2 is 1.65 bits per heavy atom. The summed E-state index contributed by atoms with van der Waals surface area (Å²) in [6.07, 6.45) is 9.93. The zero-order chi connectivity index (χ0) is 11.9. The van der Waals surface area contributed by atoms with Crippen LogP contribution in [0.3, 0.4) is 0 Å². The highest BCUT2D eigenvalue weighted by molar-refractivity contribution is 5.68. The maximum Gasteiger partial charge on any atom is 0.317 e. The van der Waals surface area contributed by atoms with Crippen LogP contribution in [0, 0.1) is 23.2 Å². The zero-order valence-corrected chi connectivity index (χ0v) is 10.5. The summed E-state index contributed by atoms with van der Waals surface area (Å²) in [7, 11) is 0. The fraction of sp³-hybridized carbons (Fsp3) is 0.929. The number of carboxylic acids is 1. The molecule has 0 atom stereocenters. The van der Waals surface area contributed by atoms with E-state index in [0.717, 1.165) is 24.3 Å². The molecule has 4 bridgehead atoms. The van der Waals surface area contributed by atoms with Crippen LogP contribution in [0.5, 0.6) is 0 Å². The molecule has 0 heterocycles. The Hall–Kier alpha value is -0.570. The van der Waals surface area contributed by atoms with Crippen molar-refractivity contribution in [1.29, 1.82) is 0 Å². The number of hydrogen-bond donors (Lipinski definition) is 2. The normalized spacial score (nSPS) is 42.9. The van der Waals surface area contributed by atoms with Gasteiger partial charge in [-0.1, -0.05) is 0 Å². The molecule has 4 aliphatic rings. The predicted octanol–water partition coefficient (Wildman–Crippen LogP) is 2.27. The van der Waals surface area contributed by atoms with E-state index in [0.29, 0.717) is 5.41 Å². The summed E-state index contributed by atoms with van der Waals surface area (Å²) in [5.41, 5.74) is 0.584. The van der Waals surface area contributed by atoms with Gasteiger partial charge in [-0.3, -0.25) is 4.79 Å². The van der Waals surface area contributed by atoms with Crippen molar-refractivity contribution < 1.29 is 9.90 Å². The summed E-state index contributed by atoms with van der Waals surface area (Å²) in [5, 5.41) is 11.7. The minimum Gasteiger partial charge on any atom is -0.480 e. The number of carboxylic acid groups (broad SMARTS) is 1. The van der Waals surface area contributed by atoms with E-state index in [9.17, 15) is 4.79 Å². The summed E-state index contributed by atoms with van der Waals surface area (Å²) in [5.74, 6) is 2.26. The van der Waals surface area contributed by atoms with E-state index in [1.807, 2.05) is 0 Å². The number of carbonyl (C=O) groups is 1. The first-order valence-electron chi connectivity index (χ1n) is 7.08. The lowest BCUT2D eigenvalue weighted by atomic mass is 9.49. The van der Waals surface area contributed by atoms with Gasteiger partial charge in [0.25, 0.3) is 0 Å². The quantitative estimate of drug-likeness (QED) is 0.721. The van der Waals surface area contributed by atoms with Crippen molar-refractivity contribution in [1.82, 2.24) is 5.32 Å². The van der Waals surface area contributed by atoms with Crippen molar-refractivity contribution in [2.45, 2.75) is 44.9 Å². The highest BCUT2D eigenvalue weighted by Gasteiger charge is 2.50. The van der Waals surface area contributed by atoms with Gasteiger partial charge in [-0.2, -0.15) is 0 Å². The Bertz CT molecular complexity index is 278. The third-order valence-electron chi connectivity index (χ3n) is 5.27. The van der Waals surface area contributed by atoms with Crippen molar-refractivity contribution in [3.05, 3.63) is 0 Å². The largest absolute Gasteiger partial charge is 0.480 e. The minimum atomic E-state index is -0.740. The minimum absolute atomic E-state index is 0.117. The second-order valence-electron chi connectivity index (χ2n) is 6.74. The Balaban J connectivity index is 1.53. The van der Waals surface area contributed by atoms with Gasteiger partial charge in [-0.25, -0.2) is 0 Å². The van der Waals surface area contributed by atoms with Gasteiger partial charge >= 0.3 is 5.97 Å². The molecule has 17 heavy (non-hydrogen) atoms. The molecular formula is C14H23NO2. The Morgan fingerprint density at radius 1 is 1.12 bits per heavy atom. The molecule has 0 spiro atoms. The SMILES string of the molecule is O=C(O)CNCCC12CC3CC(CC(C3)C1)C2. The van der Waals surface area contributed by atoms with Crippen LogP contribution < -0.4 is 5.32 Å². The van der Waals surface area contributed by atoms with Gasteiger partial charge in [-0.05, 0) is 74.7 Å². The lowest BCUT2D eigenvalue weighted by Crippen LogP contribution is -2.47. The molecule has 0 aliphatic heterocycles. The molecule has 4 fully saturated rings. The molecule has 2 N–H and O–H groups in total. The molecule has 0 aromatic carbocycles. The molecule has 96 valence electrons. The van der Waals surface area contributed by atoms with Gasteiger partial charge in [0.2, 0.25) is 0 Å². The van der Waals surface area contributed by atoms with Gasteiger partial charge in [0.15, 0.2) is 0 Å². The molecule has 4 saturated carbocycles. The van der Waals surface area contributed by atoms with E-state index >= 15 is 0 Å². The van der Waals surface area contributed by atoms with E-state index in [4.69, 9.17) is 5.11 Å². The first-order valence-corrected chi connectivity index (χ1v) is 7.08. The number of hydrogen-bond acceptors (Lipinski definition) is 2. The summed E-state index contributed by atoms with van der Waals surface area (Å²) < 4.78 is 0. The zero-order valence-electron chi connectivity index (χ0n) is 10.5. The maximum atomic E-state index is 10.5. The van der Waals surface area contributed by atoms with E-state index in [2.05, 4.69) is 5.32 Å². The molecule has 3 heteroatoms. The number of rotatable bonds is 5. The van der Waals surface area contributed by atoms with Crippen LogP contribution in [0.15, 0.2) is 0 Å². The van der Waals surface area contributed by atoms with Crippen molar-refractivity contribution in [2.75, 3.05) is 13.1 Å². The summed E-state index contributed by atoms with van der Waals surface area (Å²) in [6.45, 7) is 1.00. The van der Waals surface area contributed by atoms with Gasteiger partial charge < -0.3 is 10.4 Å². The molecule has 4 aliphatic carbocycles. The summed E-state index contributed by atoms with van der Waals surface area (Å²) >= 11 is 0. The van der Waals surface area contributed by atoms with Crippen LogP contribution in [0.1, 0.15) is 44.9 Å². The van der Waals surface area contributed by atoms with Gasteiger partial charge in [0, 0.05) is 0 Å². The van der Waals surface area contributed by atoms with E-state index in [1.54, 1.807) is 0 Å². The fourth-order valence-electron chi connectivity index (χ4n) is 5.15. The van der Waals surface area contributed by atoms with Crippen LogP contribution in [-0.4, -0.2) is 24.2 Å². The molecule has 4 rings (SSSR count). The first-order chi connectivity index (χ1) is 8.15.